The lowest BCUT2D eigenvalue weighted by atomic mass is 10.1. The number of carbonyl (C=O) groups excluding carboxylic acids is 1. The van der Waals surface area contributed by atoms with Crippen molar-refractivity contribution in [3.63, 3.8) is 0 Å². The zero-order chi connectivity index (χ0) is 18.2. The number of hydrogen-bond donors (Lipinski definition) is 1. The van der Waals surface area contributed by atoms with Gasteiger partial charge in [-0.2, -0.15) is 0 Å². The van der Waals surface area contributed by atoms with Crippen molar-refractivity contribution in [3.8, 4) is 0 Å². The van der Waals surface area contributed by atoms with Gasteiger partial charge >= 0.3 is 5.97 Å². The van der Waals surface area contributed by atoms with Crippen LogP contribution in [0.15, 0.2) is 41.8 Å². The van der Waals surface area contributed by atoms with Crippen molar-refractivity contribution in [2.24, 2.45) is 0 Å². The third-order valence-corrected chi connectivity index (χ3v) is 4.56. The van der Waals surface area contributed by atoms with E-state index < -0.39 is 5.97 Å². The summed E-state index contributed by atoms with van der Waals surface area (Å²) in [6, 6.07) is 9.89. The van der Waals surface area contributed by atoms with Crippen molar-refractivity contribution in [3.05, 3.63) is 42.2 Å². The summed E-state index contributed by atoms with van der Waals surface area (Å²) >= 11 is 1.27. The lowest BCUT2D eigenvalue weighted by Gasteiger charge is -2.20. The Bertz CT molecular complexity index is 703. The van der Waals surface area contributed by atoms with Crippen molar-refractivity contribution in [2.75, 3.05) is 18.8 Å². The van der Waals surface area contributed by atoms with Crippen LogP contribution in [0.3, 0.4) is 0 Å². The summed E-state index contributed by atoms with van der Waals surface area (Å²) in [5.74, 6) is -1.11. The van der Waals surface area contributed by atoms with E-state index in [1.54, 1.807) is 6.33 Å². The van der Waals surface area contributed by atoms with E-state index in [1.165, 1.54) is 16.7 Å². The molecule has 0 fully saturated rings. The Morgan fingerprint density at radius 3 is 2.64 bits per heavy atom. The lowest BCUT2D eigenvalue weighted by Crippen LogP contribution is -2.38. The smallest absolute Gasteiger partial charge is 0.323 e. The minimum absolute atomic E-state index is 0.132. The Kier molecular flexibility index (Phi) is 7.00. The predicted molar refractivity (Wildman–Crippen MR) is 95.5 cm³/mol. The molecule has 1 amide bonds. The summed E-state index contributed by atoms with van der Waals surface area (Å²) in [6.07, 6.45) is 2.24. The minimum atomic E-state index is -1.02. The molecule has 0 aliphatic carbocycles. The second-order valence-electron chi connectivity index (χ2n) is 5.85. The van der Waals surface area contributed by atoms with Gasteiger partial charge in [-0.1, -0.05) is 42.1 Å². The highest BCUT2D eigenvalue weighted by atomic mass is 32.2. The van der Waals surface area contributed by atoms with Crippen molar-refractivity contribution < 1.29 is 14.7 Å². The number of hydrogen-bond acceptors (Lipinski definition) is 5. The molecule has 0 saturated carbocycles. The minimum Gasteiger partial charge on any atom is -0.480 e. The van der Waals surface area contributed by atoms with E-state index in [2.05, 4.69) is 10.2 Å². The monoisotopic (exact) mass is 362 g/mol. The molecule has 0 bridgehead atoms. The molecule has 2 rings (SSSR count). The second-order valence-corrected chi connectivity index (χ2v) is 6.79. The zero-order valence-corrected chi connectivity index (χ0v) is 15.1. The predicted octanol–water partition coefficient (Wildman–Crippen LogP) is 2.11. The molecule has 8 heteroatoms. The molecule has 7 nitrogen and oxygen atoms in total. The normalized spacial score (nSPS) is 10.8. The molecule has 1 aromatic carbocycles. The summed E-state index contributed by atoms with van der Waals surface area (Å²) in [7, 11) is 0. The summed E-state index contributed by atoms with van der Waals surface area (Å²) in [4.78, 5) is 24.9. The molecule has 134 valence electrons. The van der Waals surface area contributed by atoms with Gasteiger partial charge in [-0.05, 0) is 25.8 Å². The number of carboxylic acid groups (broad SMARTS) is 1. The molecule has 1 N–H and O–H groups in total. The molecule has 0 atom stereocenters. The third-order valence-electron chi connectivity index (χ3n) is 3.61. The number of aliphatic carboxylic acids is 1. The van der Waals surface area contributed by atoms with E-state index in [1.807, 2.05) is 48.7 Å². The Morgan fingerprint density at radius 2 is 2.00 bits per heavy atom. The number of carboxylic acids is 1. The third kappa shape index (κ3) is 5.90. The number of carbonyl (C=O) groups is 2. The molecule has 0 aliphatic rings. The number of thioether (sulfide) groups is 1. The van der Waals surface area contributed by atoms with Gasteiger partial charge in [0.15, 0.2) is 5.16 Å². The summed E-state index contributed by atoms with van der Waals surface area (Å²) in [6.45, 7) is 4.08. The molecule has 0 aliphatic heterocycles. The van der Waals surface area contributed by atoms with E-state index >= 15 is 0 Å². The van der Waals surface area contributed by atoms with Gasteiger partial charge in [-0.15, -0.1) is 10.2 Å². The summed E-state index contributed by atoms with van der Waals surface area (Å²) in [5.41, 5.74) is 1.07. The van der Waals surface area contributed by atoms with Gasteiger partial charge in [0, 0.05) is 12.6 Å². The van der Waals surface area contributed by atoms with Gasteiger partial charge in [0.25, 0.3) is 0 Å². The SMILES string of the molecule is CC(C)n1cnnc1SCC(=O)N(CCc1ccccc1)CC(=O)O. The standard InChI is InChI=1S/C17H22N4O3S/c1-13(2)21-12-18-19-17(21)25-11-15(22)20(10-16(23)24)9-8-14-6-4-3-5-7-14/h3-7,12-13H,8-11H2,1-2H3,(H,23,24). The zero-order valence-electron chi connectivity index (χ0n) is 14.3. The van der Waals surface area contributed by atoms with Gasteiger partial charge in [-0.25, -0.2) is 0 Å². The molecule has 0 radical (unpaired) electrons. The largest absolute Gasteiger partial charge is 0.480 e. The number of aromatic nitrogens is 3. The van der Waals surface area contributed by atoms with Gasteiger partial charge in [0.05, 0.1) is 5.75 Å². The van der Waals surface area contributed by atoms with Crippen LogP contribution in [0.5, 0.6) is 0 Å². The number of nitrogens with zero attached hydrogens (tertiary/aromatic N) is 4. The van der Waals surface area contributed by atoms with Crippen LogP contribution in [0.1, 0.15) is 25.5 Å². The molecule has 0 saturated heterocycles. The van der Waals surface area contributed by atoms with Crippen molar-refractivity contribution in [1.82, 2.24) is 19.7 Å². The van der Waals surface area contributed by atoms with Crippen LogP contribution in [-0.2, 0) is 16.0 Å². The van der Waals surface area contributed by atoms with Gasteiger partial charge in [-0.3, -0.25) is 9.59 Å². The molecule has 1 aromatic heterocycles. The molecular formula is C17H22N4O3S. The highest BCUT2D eigenvalue weighted by Gasteiger charge is 2.18. The highest BCUT2D eigenvalue weighted by Crippen LogP contribution is 2.19. The van der Waals surface area contributed by atoms with Crippen LogP contribution in [0.25, 0.3) is 0 Å². The first kappa shape index (κ1) is 19.0. The van der Waals surface area contributed by atoms with Crippen molar-refractivity contribution in [1.29, 1.82) is 0 Å². The van der Waals surface area contributed by atoms with Crippen LogP contribution in [-0.4, -0.2) is 55.5 Å². The first-order chi connectivity index (χ1) is 12.0. The van der Waals surface area contributed by atoms with Crippen LogP contribution >= 0.6 is 11.8 Å². The Hall–Kier alpha value is -2.35. The molecule has 0 spiro atoms. The maximum atomic E-state index is 12.5. The summed E-state index contributed by atoms with van der Waals surface area (Å²) in [5, 5.41) is 17.6. The summed E-state index contributed by atoms with van der Waals surface area (Å²) < 4.78 is 1.88. The molecule has 1 heterocycles. The van der Waals surface area contributed by atoms with Gasteiger partial charge in [0.1, 0.15) is 12.9 Å². The average Bonchev–Trinajstić information content (AvgIpc) is 3.06. The Balaban J connectivity index is 1.95. The number of rotatable bonds is 9. The molecule has 2 aromatic rings. The first-order valence-corrected chi connectivity index (χ1v) is 9.01. The quantitative estimate of drug-likeness (QED) is 0.687. The van der Waals surface area contributed by atoms with Crippen molar-refractivity contribution in [2.45, 2.75) is 31.5 Å². The second kappa shape index (κ2) is 9.22. The molecule has 0 unspecified atom stereocenters. The van der Waals surface area contributed by atoms with E-state index in [-0.39, 0.29) is 24.2 Å². The number of benzene rings is 1. The van der Waals surface area contributed by atoms with Gasteiger partial charge in [0.2, 0.25) is 5.91 Å². The Labute approximate surface area is 151 Å². The van der Waals surface area contributed by atoms with E-state index in [4.69, 9.17) is 5.11 Å². The molecular weight excluding hydrogens is 340 g/mol. The van der Waals surface area contributed by atoms with E-state index in [0.29, 0.717) is 18.1 Å². The first-order valence-electron chi connectivity index (χ1n) is 8.03. The number of amides is 1. The van der Waals surface area contributed by atoms with Crippen molar-refractivity contribution >= 4 is 23.6 Å². The maximum absolute atomic E-state index is 12.5. The fourth-order valence-corrected chi connectivity index (χ4v) is 3.22. The fraction of sp³-hybridized carbons (Fsp3) is 0.412. The average molecular weight is 362 g/mol. The van der Waals surface area contributed by atoms with Crippen LogP contribution in [0.4, 0.5) is 0 Å². The topological polar surface area (TPSA) is 88.3 Å². The van der Waals surface area contributed by atoms with Crippen LogP contribution in [0.2, 0.25) is 0 Å². The molecule has 25 heavy (non-hydrogen) atoms. The Morgan fingerprint density at radius 1 is 1.28 bits per heavy atom. The van der Waals surface area contributed by atoms with Crippen LogP contribution in [0, 0.1) is 0 Å². The lowest BCUT2D eigenvalue weighted by molar-refractivity contribution is -0.143. The van der Waals surface area contributed by atoms with Gasteiger partial charge < -0.3 is 14.6 Å². The van der Waals surface area contributed by atoms with E-state index in [9.17, 15) is 9.59 Å². The maximum Gasteiger partial charge on any atom is 0.323 e. The van der Waals surface area contributed by atoms with Crippen LogP contribution < -0.4 is 0 Å². The highest BCUT2D eigenvalue weighted by molar-refractivity contribution is 7.99. The fourth-order valence-electron chi connectivity index (χ4n) is 2.27. The van der Waals surface area contributed by atoms with E-state index in [0.717, 1.165) is 5.56 Å².